The Labute approximate surface area is 105 Å². The first-order valence-electron chi connectivity index (χ1n) is 7.03. The molecule has 3 atom stereocenters. The Morgan fingerprint density at radius 2 is 2.00 bits per heavy atom. The average molecular weight is 241 g/mol. The quantitative estimate of drug-likeness (QED) is 0.751. The summed E-state index contributed by atoms with van der Waals surface area (Å²) < 4.78 is 0. The van der Waals surface area contributed by atoms with Crippen LogP contribution >= 0.6 is 0 Å². The third-order valence-corrected chi connectivity index (χ3v) is 3.85. The normalized spacial score (nSPS) is 27.1. The standard InChI is InChI=1S/C14H27NO2/c1-4-11-7-5-6-8-12(11)15-13(14(16)17)9-10(2)3/h10-13,15H,4-9H2,1-3H3,(H,16,17). The number of rotatable bonds is 6. The lowest BCUT2D eigenvalue weighted by Gasteiger charge is -2.34. The molecule has 0 aromatic rings. The Balaban J connectivity index is 2.54. The molecule has 0 aliphatic heterocycles. The van der Waals surface area contributed by atoms with Gasteiger partial charge in [-0.1, -0.05) is 40.0 Å². The fourth-order valence-corrected chi connectivity index (χ4v) is 2.89. The maximum Gasteiger partial charge on any atom is 0.320 e. The van der Waals surface area contributed by atoms with Crippen LogP contribution in [-0.4, -0.2) is 23.2 Å². The summed E-state index contributed by atoms with van der Waals surface area (Å²) in [6, 6.07) is 0.0424. The zero-order valence-electron chi connectivity index (χ0n) is 11.4. The van der Waals surface area contributed by atoms with Gasteiger partial charge in [-0.15, -0.1) is 0 Å². The van der Waals surface area contributed by atoms with E-state index >= 15 is 0 Å². The molecule has 17 heavy (non-hydrogen) atoms. The summed E-state index contributed by atoms with van der Waals surface area (Å²) in [7, 11) is 0. The smallest absolute Gasteiger partial charge is 0.320 e. The lowest BCUT2D eigenvalue weighted by Crippen LogP contribution is -2.48. The van der Waals surface area contributed by atoms with Gasteiger partial charge >= 0.3 is 5.97 Å². The number of hydrogen-bond donors (Lipinski definition) is 2. The number of aliphatic carboxylic acids is 1. The van der Waals surface area contributed by atoms with Crippen molar-refractivity contribution in [3.63, 3.8) is 0 Å². The average Bonchev–Trinajstić information content (AvgIpc) is 2.28. The summed E-state index contributed by atoms with van der Waals surface area (Å²) in [5, 5.41) is 12.6. The van der Waals surface area contributed by atoms with Gasteiger partial charge in [0, 0.05) is 6.04 Å². The minimum Gasteiger partial charge on any atom is -0.480 e. The van der Waals surface area contributed by atoms with Crippen LogP contribution in [-0.2, 0) is 4.79 Å². The third-order valence-electron chi connectivity index (χ3n) is 3.85. The molecule has 0 amide bonds. The largest absolute Gasteiger partial charge is 0.480 e. The van der Waals surface area contributed by atoms with Crippen molar-refractivity contribution in [2.45, 2.75) is 71.4 Å². The van der Waals surface area contributed by atoms with E-state index in [1.54, 1.807) is 0 Å². The van der Waals surface area contributed by atoms with Crippen molar-refractivity contribution in [1.29, 1.82) is 0 Å². The van der Waals surface area contributed by atoms with Crippen molar-refractivity contribution in [1.82, 2.24) is 5.32 Å². The fourth-order valence-electron chi connectivity index (χ4n) is 2.89. The minimum atomic E-state index is -0.695. The Morgan fingerprint density at radius 3 is 2.53 bits per heavy atom. The van der Waals surface area contributed by atoms with E-state index in [9.17, 15) is 9.90 Å². The molecule has 1 aliphatic rings. The van der Waals surface area contributed by atoms with Gasteiger partial charge in [0.05, 0.1) is 0 Å². The molecule has 0 saturated heterocycles. The van der Waals surface area contributed by atoms with E-state index in [1.165, 1.54) is 19.3 Å². The minimum absolute atomic E-state index is 0.368. The SMILES string of the molecule is CCC1CCCCC1NC(CC(C)C)C(=O)O. The van der Waals surface area contributed by atoms with Gasteiger partial charge in [0.1, 0.15) is 6.04 Å². The van der Waals surface area contributed by atoms with Crippen molar-refractivity contribution >= 4 is 5.97 Å². The van der Waals surface area contributed by atoms with Crippen LogP contribution in [0.5, 0.6) is 0 Å². The number of carboxylic acids is 1. The highest BCUT2D eigenvalue weighted by molar-refractivity contribution is 5.73. The highest BCUT2D eigenvalue weighted by Crippen LogP contribution is 2.27. The summed E-state index contributed by atoms with van der Waals surface area (Å²) in [5.74, 6) is 0.393. The van der Waals surface area contributed by atoms with Crippen LogP contribution in [0.1, 0.15) is 59.3 Å². The lowest BCUT2D eigenvalue weighted by atomic mass is 9.82. The summed E-state index contributed by atoms with van der Waals surface area (Å²) in [6.07, 6.45) is 6.82. The van der Waals surface area contributed by atoms with Gasteiger partial charge in [0.25, 0.3) is 0 Å². The van der Waals surface area contributed by atoms with Crippen LogP contribution in [0, 0.1) is 11.8 Å². The summed E-state index contributed by atoms with van der Waals surface area (Å²) >= 11 is 0. The molecule has 3 nitrogen and oxygen atoms in total. The van der Waals surface area contributed by atoms with E-state index < -0.39 is 5.97 Å². The zero-order chi connectivity index (χ0) is 12.8. The molecule has 1 fully saturated rings. The molecule has 100 valence electrons. The molecule has 1 aliphatic carbocycles. The second-order valence-electron chi connectivity index (χ2n) is 5.75. The number of hydrogen-bond acceptors (Lipinski definition) is 2. The van der Waals surface area contributed by atoms with Gasteiger partial charge < -0.3 is 10.4 Å². The maximum absolute atomic E-state index is 11.2. The molecule has 0 heterocycles. The second-order valence-corrected chi connectivity index (χ2v) is 5.75. The number of carbonyl (C=O) groups is 1. The monoisotopic (exact) mass is 241 g/mol. The van der Waals surface area contributed by atoms with Gasteiger partial charge in [-0.3, -0.25) is 4.79 Å². The first-order valence-corrected chi connectivity index (χ1v) is 7.03. The predicted octanol–water partition coefficient (Wildman–Crippen LogP) is 3.04. The summed E-state index contributed by atoms with van der Waals surface area (Å²) in [6.45, 7) is 6.37. The van der Waals surface area contributed by atoms with Crippen LogP contribution in [0.15, 0.2) is 0 Å². The van der Waals surface area contributed by atoms with Gasteiger partial charge in [0.2, 0.25) is 0 Å². The number of nitrogens with one attached hydrogen (secondary N) is 1. The van der Waals surface area contributed by atoms with Gasteiger partial charge in [-0.25, -0.2) is 0 Å². The predicted molar refractivity (Wildman–Crippen MR) is 70.1 cm³/mol. The van der Waals surface area contributed by atoms with Crippen molar-refractivity contribution < 1.29 is 9.90 Å². The first-order chi connectivity index (χ1) is 8.04. The van der Waals surface area contributed by atoms with E-state index in [4.69, 9.17) is 0 Å². The summed E-state index contributed by atoms with van der Waals surface area (Å²) in [4.78, 5) is 11.2. The van der Waals surface area contributed by atoms with Crippen LogP contribution < -0.4 is 5.32 Å². The fraction of sp³-hybridized carbons (Fsp3) is 0.929. The second kappa shape index (κ2) is 7.00. The molecule has 0 bridgehead atoms. The van der Waals surface area contributed by atoms with E-state index in [1.807, 2.05) is 0 Å². The van der Waals surface area contributed by atoms with E-state index in [-0.39, 0.29) is 6.04 Å². The van der Waals surface area contributed by atoms with Gasteiger partial charge in [-0.05, 0) is 31.1 Å². The maximum atomic E-state index is 11.2. The zero-order valence-corrected chi connectivity index (χ0v) is 11.4. The molecular weight excluding hydrogens is 214 g/mol. The Bertz CT molecular complexity index is 240. The van der Waals surface area contributed by atoms with Crippen LogP contribution in [0.2, 0.25) is 0 Å². The Morgan fingerprint density at radius 1 is 1.35 bits per heavy atom. The molecule has 3 heteroatoms. The third kappa shape index (κ3) is 4.66. The number of carboxylic acid groups (broad SMARTS) is 1. The van der Waals surface area contributed by atoms with E-state index in [2.05, 4.69) is 26.1 Å². The molecule has 1 rings (SSSR count). The van der Waals surface area contributed by atoms with Crippen LogP contribution in [0.4, 0.5) is 0 Å². The molecule has 0 spiro atoms. The van der Waals surface area contributed by atoms with Crippen LogP contribution in [0.3, 0.4) is 0 Å². The lowest BCUT2D eigenvalue weighted by molar-refractivity contribution is -0.140. The Kier molecular flexibility index (Phi) is 5.96. The van der Waals surface area contributed by atoms with Crippen molar-refractivity contribution in [3.05, 3.63) is 0 Å². The molecule has 2 N–H and O–H groups in total. The molecule has 3 unspecified atom stereocenters. The van der Waals surface area contributed by atoms with Crippen molar-refractivity contribution in [2.75, 3.05) is 0 Å². The molecule has 0 radical (unpaired) electrons. The molecule has 0 aromatic heterocycles. The molecule has 1 saturated carbocycles. The molecular formula is C14H27NO2. The van der Waals surface area contributed by atoms with E-state index in [0.29, 0.717) is 17.9 Å². The van der Waals surface area contributed by atoms with Crippen LogP contribution in [0.25, 0.3) is 0 Å². The highest BCUT2D eigenvalue weighted by atomic mass is 16.4. The van der Waals surface area contributed by atoms with Gasteiger partial charge in [-0.2, -0.15) is 0 Å². The molecule has 0 aromatic carbocycles. The highest BCUT2D eigenvalue weighted by Gasteiger charge is 2.28. The topological polar surface area (TPSA) is 49.3 Å². The van der Waals surface area contributed by atoms with Crippen molar-refractivity contribution in [3.8, 4) is 0 Å². The van der Waals surface area contributed by atoms with E-state index in [0.717, 1.165) is 19.3 Å². The Hall–Kier alpha value is -0.570. The van der Waals surface area contributed by atoms with Gasteiger partial charge in [0.15, 0.2) is 0 Å². The first kappa shape index (κ1) is 14.5. The summed E-state index contributed by atoms with van der Waals surface area (Å²) in [5.41, 5.74) is 0. The van der Waals surface area contributed by atoms with Crippen molar-refractivity contribution in [2.24, 2.45) is 11.8 Å².